The molecule has 1 aromatic carbocycles. The van der Waals surface area contributed by atoms with Crippen molar-refractivity contribution in [3.05, 3.63) is 52.8 Å². The van der Waals surface area contributed by atoms with Crippen LogP contribution in [0.15, 0.2) is 36.7 Å². The molecule has 1 aliphatic rings. The lowest BCUT2D eigenvalue weighted by Gasteiger charge is -2.23. The summed E-state index contributed by atoms with van der Waals surface area (Å²) >= 11 is 6.10. The van der Waals surface area contributed by atoms with E-state index >= 15 is 0 Å². The van der Waals surface area contributed by atoms with Crippen molar-refractivity contribution in [2.45, 2.75) is 25.4 Å². The summed E-state index contributed by atoms with van der Waals surface area (Å²) in [5.41, 5.74) is 1.35. The maximum absolute atomic E-state index is 12.8. The van der Waals surface area contributed by atoms with E-state index < -0.39 is 0 Å². The van der Waals surface area contributed by atoms with Crippen molar-refractivity contribution in [1.82, 2.24) is 9.88 Å². The first-order valence-corrected chi connectivity index (χ1v) is 7.74. The average Bonchev–Trinajstić information content (AvgIpc) is 3.38. The van der Waals surface area contributed by atoms with E-state index in [9.17, 15) is 9.90 Å². The van der Waals surface area contributed by atoms with Gasteiger partial charge in [0.2, 0.25) is 0 Å². The summed E-state index contributed by atoms with van der Waals surface area (Å²) in [6, 6.07) is 6.97. The Hall–Kier alpha value is -2.27. The number of methoxy groups -OCH3 is 1. The third kappa shape index (κ3) is 3.40. The monoisotopic (exact) mass is 332 g/mol. The zero-order valence-electron chi connectivity index (χ0n) is 12.7. The zero-order valence-corrected chi connectivity index (χ0v) is 13.5. The Balaban J connectivity index is 1.85. The van der Waals surface area contributed by atoms with E-state index in [2.05, 4.69) is 4.98 Å². The van der Waals surface area contributed by atoms with Crippen LogP contribution >= 0.6 is 11.6 Å². The third-order valence-corrected chi connectivity index (χ3v) is 4.15. The number of phenols is 1. The van der Waals surface area contributed by atoms with Gasteiger partial charge in [0, 0.05) is 25.0 Å². The number of carbonyl (C=O) groups is 1. The molecule has 0 atom stereocenters. The predicted molar refractivity (Wildman–Crippen MR) is 86.8 cm³/mol. The van der Waals surface area contributed by atoms with Crippen LogP contribution in [0.1, 0.15) is 28.8 Å². The standard InChI is InChI=1S/C17H17ClN2O3/c1-23-16-8-11(2-5-15(16)21)10-20(12-3-4-12)17(22)13-6-7-19-9-14(13)18/h2,5-9,12,21H,3-4,10H2,1H3. The van der Waals surface area contributed by atoms with Crippen LogP contribution in [0.5, 0.6) is 11.5 Å². The van der Waals surface area contributed by atoms with Gasteiger partial charge in [-0.2, -0.15) is 0 Å². The number of ether oxygens (including phenoxy) is 1. The molecule has 1 fully saturated rings. The number of pyridine rings is 1. The van der Waals surface area contributed by atoms with Crippen LogP contribution in [0.3, 0.4) is 0 Å². The smallest absolute Gasteiger partial charge is 0.256 e. The number of amides is 1. The molecule has 0 saturated heterocycles. The average molecular weight is 333 g/mol. The highest BCUT2D eigenvalue weighted by molar-refractivity contribution is 6.33. The Bertz CT molecular complexity index is 732. The Kier molecular flexibility index (Phi) is 4.39. The Morgan fingerprint density at radius 3 is 2.87 bits per heavy atom. The van der Waals surface area contributed by atoms with E-state index in [1.807, 2.05) is 4.90 Å². The van der Waals surface area contributed by atoms with E-state index in [1.54, 1.807) is 30.5 Å². The minimum Gasteiger partial charge on any atom is -0.504 e. The molecular formula is C17H17ClN2O3. The second-order valence-electron chi connectivity index (χ2n) is 5.53. The number of hydrogen-bond donors (Lipinski definition) is 1. The number of hydrogen-bond acceptors (Lipinski definition) is 4. The van der Waals surface area contributed by atoms with Gasteiger partial charge in [-0.1, -0.05) is 17.7 Å². The van der Waals surface area contributed by atoms with Gasteiger partial charge < -0.3 is 14.7 Å². The van der Waals surface area contributed by atoms with Crippen LogP contribution in [0.25, 0.3) is 0 Å². The van der Waals surface area contributed by atoms with Crippen molar-refractivity contribution in [2.24, 2.45) is 0 Å². The Morgan fingerprint density at radius 2 is 2.22 bits per heavy atom. The highest BCUT2D eigenvalue weighted by Crippen LogP contribution is 2.33. The number of phenolic OH excluding ortho intramolecular Hbond substituents is 1. The molecule has 0 radical (unpaired) electrons. The van der Waals surface area contributed by atoms with Crippen molar-refractivity contribution in [3.63, 3.8) is 0 Å². The molecule has 1 saturated carbocycles. The maximum atomic E-state index is 12.8. The fraction of sp³-hybridized carbons (Fsp3) is 0.294. The first-order chi connectivity index (χ1) is 11.1. The van der Waals surface area contributed by atoms with Crippen molar-refractivity contribution >= 4 is 17.5 Å². The van der Waals surface area contributed by atoms with Gasteiger partial charge in [0.25, 0.3) is 5.91 Å². The number of rotatable bonds is 5. The van der Waals surface area contributed by atoms with E-state index in [0.29, 0.717) is 22.9 Å². The van der Waals surface area contributed by atoms with Crippen LogP contribution in [-0.2, 0) is 6.54 Å². The molecule has 23 heavy (non-hydrogen) atoms. The number of benzene rings is 1. The van der Waals surface area contributed by atoms with Gasteiger partial charge in [-0.25, -0.2) is 0 Å². The number of nitrogens with zero attached hydrogens (tertiary/aromatic N) is 2. The number of aromatic nitrogens is 1. The van der Waals surface area contributed by atoms with Crippen LogP contribution in [0.2, 0.25) is 5.02 Å². The molecule has 3 rings (SSSR count). The van der Waals surface area contributed by atoms with Gasteiger partial charge in [-0.15, -0.1) is 0 Å². The van der Waals surface area contributed by atoms with Crippen molar-refractivity contribution < 1.29 is 14.6 Å². The summed E-state index contributed by atoms with van der Waals surface area (Å²) in [5.74, 6) is 0.373. The van der Waals surface area contributed by atoms with E-state index in [-0.39, 0.29) is 17.7 Å². The molecule has 0 unspecified atom stereocenters. The third-order valence-electron chi connectivity index (χ3n) is 3.85. The summed E-state index contributed by atoms with van der Waals surface area (Å²) in [7, 11) is 1.50. The van der Waals surface area contributed by atoms with Gasteiger partial charge in [0.1, 0.15) is 0 Å². The molecule has 1 aliphatic carbocycles. The lowest BCUT2D eigenvalue weighted by Crippen LogP contribution is -2.32. The van der Waals surface area contributed by atoms with Gasteiger partial charge >= 0.3 is 0 Å². The molecule has 1 N–H and O–H groups in total. The second kappa shape index (κ2) is 6.46. The highest BCUT2D eigenvalue weighted by Gasteiger charge is 2.33. The molecule has 1 aromatic heterocycles. The summed E-state index contributed by atoms with van der Waals surface area (Å²) in [4.78, 5) is 18.5. The SMILES string of the molecule is COc1cc(CN(C(=O)c2ccncc2Cl)C2CC2)ccc1O. The van der Waals surface area contributed by atoms with Crippen molar-refractivity contribution in [2.75, 3.05) is 7.11 Å². The first-order valence-electron chi connectivity index (χ1n) is 7.36. The van der Waals surface area contributed by atoms with Crippen LogP contribution in [0.4, 0.5) is 0 Å². The number of carbonyl (C=O) groups excluding carboxylic acids is 1. The summed E-state index contributed by atoms with van der Waals surface area (Å²) in [5, 5.41) is 10.0. The maximum Gasteiger partial charge on any atom is 0.256 e. The van der Waals surface area contributed by atoms with Gasteiger partial charge in [-0.05, 0) is 36.6 Å². The minimum atomic E-state index is -0.105. The normalized spacial score (nSPS) is 13.7. The van der Waals surface area contributed by atoms with Gasteiger partial charge in [-0.3, -0.25) is 9.78 Å². The van der Waals surface area contributed by atoms with Crippen molar-refractivity contribution in [3.8, 4) is 11.5 Å². The van der Waals surface area contributed by atoms with Crippen molar-refractivity contribution in [1.29, 1.82) is 0 Å². The molecule has 1 amide bonds. The topological polar surface area (TPSA) is 62.7 Å². The molecular weight excluding hydrogens is 316 g/mol. The summed E-state index contributed by atoms with van der Waals surface area (Å²) in [6.45, 7) is 0.443. The fourth-order valence-electron chi connectivity index (χ4n) is 2.47. The molecule has 0 aliphatic heterocycles. The van der Waals surface area contributed by atoms with Crippen LogP contribution in [-0.4, -0.2) is 34.0 Å². The van der Waals surface area contributed by atoms with E-state index in [1.165, 1.54) is 13.3 Å². The molecule has 5 nitrogen and oxygen atoms in total. The van der Waals surface area contributed by atoms with Crippen LogP contribution < -0.4 is 4.74 Å². The number of halogens is 1. The Morgan fingerprint density at radius 1 is 1.43 bits per heavy atom. The first kappa shape index (κ1) is 15.6. The molecule has 6 heteroatoms. The fourth-order valence-corrected chi connectivity index (χ4v) is 2.67. The largest absolute Gasteiger partial charge is 0.504 e. The molecule has 0 spiro atoms. The second-order valence-corrected chi connectivity index (χ2v) is 5.93. The molecule has 1 heterocycles. The lowest BCUT2D eigenvalue weighted by molar-refractivity contribution is 0.0730. The molecule has 120 valence electrons. The summed E-state index contributed by atoms with van der Waals surface area (Å²) in [6.07, 6.45) is 5.02. The molecule has 2 aromatic rings. The number of aromatic hydroxyl groups is 1. The minimum absolute atomic E-state index is 0.0812. The lowest BCUT2D eigenvalue weighted by atomic mass is 10.1. The summed E-state index contributed by atoms with van der Waals surface area (Å²) < 4.78 is 5.12. The Labute approximate surface area is 139 Å². The zero-order chi connectivity index (χ0) is 16.4. The molecule has 0 bridgehead atoms. The highest BCUT2D eigenvalue weighted by atomic mass is 35.5. The predicted octanol–water partition coefficient (Wildman–Crippen LogP) is 3.25. The quantitative estimate of drug-likeness (QED) is 0.913. The van der Waals surface area contributed by atoms with Gasteiger partial charge in [0.15, 0.2) is 11.5 Å². The van der Waals surface area contributed by atoms with E-state index in [0.717, 1.165) is 18.4 Å². The van der Waals surface area contributed by atoms with Crippen LogP contribution in [0, 0.1) is 0 Å². The van der Waals surface area contributed by atoms with E-state index in [4.69, 9.17) is 16.3 Å². The van der Waals surface area contributed by atoms with Gasteiger partial charge in [0.05, 0.1) is 17.7 Å².